The molecule has 1 N–H and O–H groups in total. The summed E-state index contributed by atoms with van der Waals surface area (Å²) in [5, 5.41) is 2.95. The van der Waals surface area contributed by atoms with Crippen LogP contribution >= 0.6 is 0 Å². The summed E-state index contributed by atoms with van der Waals surface area (Å²) < 4.78 is 2.16. The molecule has 2 heterocycles. The van der Waals surface area contributed by atoms with Crippen molar-refractivity contribution in [2.45, 2.75) is 20.0 Å². The number of aryl methyl sites for hydroxylation is 1. The van der Waals surface area contributed by atoms with Gasteiger partial charge in [-0.3, -0.25) is 9.78 Å². The number of hydrogen-bond donors (Lipinski definition) is 1. The standard InChI is InChI=1S/C28H24N4O/c1-20-31-26-15-14-24(28(33)30-18-25-9-5-6-16-29-25)17-27(26)32(20)19-21-10-12-23(13-11-21)22-7-3-2-4-8-22/h2-17H,18-19H2,1H3,(H,30,33). The average Bonchev–Trinajstić information content (AvgIpc) is 3.18. The van der Waals surface area contributed by atoms with E-state index < -0.39 is 0 Å². The van der Waals surface area contributed by atoms with Gasteiger partial charge in [-0.05, 0) is 53.9 Å². The SMILES string of the molecule is Cc1nc2ccc(C(=O)NCc3ccccn3)cc2n1Cc1ccc(-c2ccccc2)cc1. The Morgan fingerprint density at radius 2 is 1.64 bits per heavy atom. The van der Waals surface area contributed by atoms with Crippen molar-refractivity contribution < 1.29 is 4.79 Å². The fourth-order valence-electron chi connectivity index (χ4n) is 3.98. The normalized spacial score (nSPS) is 10.9. The van der Waals surface area contributed by atoms with E-state index in [0.717, 1.165) is 22.6 Å². The van der Waals surface area contributed by atoms with E-state index >= 15 is 0 Å². The molecule has 0 spiro atoms. The van der Waals surface area contributed by atoms with Gasteiger partial charge in [-0.1, -0.05) is 60.7 Å². The summed E-state index contributed by atoms with van der Waals surface area (Å²) in [6.45, 7) is 3.08. The molecule has 0 aliphatic rings. The molecule has 5 rings (SSSR count). The van der Waals surface area contributed by atoms with Crippen LogP contribution in [0.25, 0.3) is 22.2 Å². The zero-order valence-electron chi connectivity index (χ0n) is 18.4. The Balaban J connectivity index is 1.37. The van der Waals surface area contributed by atoms with Gasteiger partial charge in [0.15, 0.2) is 0 Å². The van der Waals surface area contributed by atoms with Crippen molar-refractivity contribution in [1.29, 1.82) is 0 Å². The minimum absolute atomic E-state index is 0.125. The molecule has 0 aliphatic carbocycles. The highest BCUT2D eigenvalue weighted by Crippen LogP contribution is 2.22. The van der Waals surface area contributed by atoms with E-state index in [1.165, 1.54) is 16.7 Å². The number of amides is 1. The minimum Gasteiger partial charge on any atom is -0.346 e. The third-order valence-electron chi connectivity index (χ3n) is 5.76. The number of benzene rings is 3. The second kappa shape index (κ2) is 9.09. The maximum atomic E-state index is 12.7. The summed E-state index contributed by atoms with van der Waals surface area (Å²) in [6, 6.07) is 30.3. The van der Waals surface area contributed by atoms with Gasteiger partial charge >= 0.3 is 0 Å². The van der Waals surface area contributed by atoms with E-state index in [1.807, 2.05) is 61.5 Å². The highest BCUT2D eigenvalue weighted by atomic mass is 16.1. The van der Waals surface area contributed by atoms with Crippen molar-refractivity contribution in [3.8, 4) is 11.1 Å². The van der Waals surface area contributed by atoms with Gasteiger partial charge in [-0.2, -0.15) is 0 Å². The fraction of sp³-hybridized carbons (Fsp3) is 0.107. The second-order valence-corrected chi connectivity index (χ2v) is 8.02. The van der Waals surface area contributed by atoms with Crippen molar-refractivity contribution in [2.75, 3.05) is 0 Å². The quantitative estimate of drug-likeness (QED) is 0.392. The van der Waals surface area contributed by atoms with Crippen molar-refractivity contribution in [3.63, 3.8) is 0 Å². The van der Waals surface area contributed by atoms with Crippen molar-refractivity contribution in [3.05, 3.63) is 120 Å². The van der Waals surface area contributed by atoms with Gasteiger partial charge in [0.2, 0.25) is 0 Å². The molecule has 0 aliphatic heterocycles. The number of rotatable bonds is 6. The summed E-state index contributed by atoms with van der Waals surface area (Å²) in [5.41, 5.74) is 6.85. The fourth-order valence-corrected chi connectivity index (χ4v) is 3.98. The van der Waals surface area contributed by atoms with E-state index in [9.17, 15) is 4.79 Å². The lowest BCUT2D eigenvalue weighted by atomic mass is 10.0. The Kier molecular flexibility index (Phi) is 5.68. The molecule has 5 aromatic rings. The molecule has 0 fully saturated rings. The van der Waals surface area contributed by atoms with Gasteiger partial charge in [-0.15, -0.1) is 0 Å². The highest BCUT2D eigenvalue weighted by molar-refractivity contribution is 5.97. The molecule has 0 unspecified atom stereocenters. The van der Waals surface area contributed by atoms with Crippen LogP contribution in [0.5, 0.6) is 0 Å². The zero-order chi connectivity index (χ0) is 22.6. The molecule has 5 heteroatoms. The van der Waals surface area contributed by atoms with Crippen molar-refractivity contribution in [2.24, 2.45) is 0 Å². The number of hydrogen-bond acceptors (Lipinski definition) is 3. The number of pyridine rings is 1. The van der Waals surface area contributed by atoms with Crippen LogP contribution in [-0.4, -0.2) is 20.4 Å². The molecule has 3 aromatic carbocycles. The molecule has 1 amide bonds. The average molecular weight is 433 g/mol. The van der Waals surface area contributed by atoms with Crippen molar-refractivity contribution >= 4 is 16.9 Å². The zero-order valence-corrected chi connectivity index (χ0v) is 18.4. The Hall–Kier alpha value is -4.25. The topological polar surface area (TPSA) is 59.8 Å². The first-order valence-electron chi connectivity index (χ1n) is 11.0. The maximum absolute atomic E-state index is 12.7. The van der Waals surface area contributed by atoms with E-state index in [2.05, 4.69) is 56.3 Å². The monoisotopic (exact) mass is 432 g/mol. The van der Waals surface area contributed by atoms with E-state index in [-0.39, 0.29) is 5.91 Å². The summed E-state index contributed by atoms with van der Waals surface area (Å²) in [7, 11) is 0. The lowest BCUT2D eigenvalue weighted by Gasteiger charge is -2.10. The van der Waals surface area contributed by atoms with Gasteiger partial charge in [0, 0.05) is 18.3 Å². The van der Waals surface area contributed by atoms with E-state index in [1.54, 1.807) is 6.20 Å². The number of aromatic nitrogens is 3. The molecular formula is C28H24N4O. The van der Waals surface area contributed by atoms with Gasteiger partial charge in [-0.25, -0.2) is 4.98 Å². The maximum Gasteiger partial charge on any atom is 0.251 e. The number of fused-ring (bicyclic) bond motifs is 1. The molecule has 0 radical (unpaired) electrons. The van der Waals surface area contributed by atoms with Crippen LogP contribution in [-0.2, 0) is 13.1 Å². The number of nitrogens with one attached hydrogen (secondary N) is 1. The first kappa shape index (κ1) is 20.6. The summed E-state index contributed by atoms with van der Waals surface area (Å²) >= 11 is 0. The van der Waals surface area contributed by atoms with E-state index in [4.69, 9.17) is 0 Å². The number of carbonyl (C=O) groups excluding carboxylic acids is 1. The van der Waals surface area contributed by atoms with Crippen LogP contribution in [0, 0.1) is 6.92 Å². The Morgan fingerprint density at radius 1 is 0.879 bits per heavy atom. The third-order valence-corrected chi connectivity index (χ3v) is 5.76. The van der Waals surface area contributed by atoms with Gasteiger partial charge in [0.1, 0.15) is 5.82 Å². The van der Waals surface area contributed by atoms with Gasteiger partial charge < -0.3 is 9.88 Å². The number of imidazole rings is 1. The van der Waals surface area contributed by atoms with Gasteiger partial charge in [0.05, 0.1) is 23.3 Å². The van der Waals surface area contributed by atoms with Crippen LogP contribution in [0.3, 0.4) is 0 Å². The molecule has 0 bridgehead atoms. The van der Waals surface area contributed by atoms with Crippen molar-refractivity contribution in [1.82, 2.24) is 19.9 Å². The van der Waals surface area contributed by atoms with Crippen LogP contribution in [0.4, 0.5) is 0 Å². The Morgan fingerprint density at radius 3 is 2.39 bits per heavy atom. The third kappa shape index (κ3) is 4.53. The molecular weight excluding hydrogens is 408 g/mol. The number of nitrogens with zero attached hydrogens (tertiary/aromatic N) is 3. The van der Waals surface area contributed by atoms with Crippen LogP contribution in [0.15, 0.2) is 97.2 Å². The smallest absolute Gasteiger partial charge is 0.251 e. The summed E-state index contributed by atoms with van der Waals surface area (Å²) in [5.74, 6) is 0.795. The Bertz CT molecular complexity index is 1390. The van der Waals surface area contributed by atoms with Gasteiger partial charge in [0.25, 0.3) is 5.91 Å². The van der Waals surface area contributed by atoms with E-state index in [0.29, 0.717) is 18.7 Å². The summed E-state index contributed by atoms with van der Waals surface area (Å²) in [6.07, 6.45) is 1.72. The van der Waals surface area contributed by atoms with Crippen LogP contribution < -0.4 is 5.32 Å². The predicted molar refractivity (Wildman–Crippen MR) is 131 cm³/mol. The first-order valence-corrected chi connectivity index (χ1v) is 11.0. The lowest BCUT2D eigenvalue weighted by molar-refractivity contribution is 0.0950. The first-order chi connectivity index (χ1) is 16.2. The lowest BCUT2D eigenvalue weighted by Crippen LogP contribution is -2.23. The van der Waals surface area contributed by atoms with Crippen LogP contribution in [0.1, 0.15) is 27.4 Å². The molecule has 2 aromatic heterocycles. The Labute approximate surface area is 192 Å². The summed E-state index contributed by atoms with van der Waals surface area (Å²) in [4.78, 5) is 21.7. The molecule has 5 nitrogen and oxygen atoms in total. The molecule has 33 heavy (non-hydrogen) atoms. The predicted octanol–water partition coefficient (Wildman–Crippen LogP) is 5.39. The highest BCUT2D eigenvalue weighted by Gasteiger charge is 2.12. The minimum atomic E-state index is -0.125. The van der Waals surface area contributed by atoms with Crippen LogP contribution in [0.2, 0.25) is 0 Å². The molecule has 162 valence electrons. The molecule has 0 saturated heterocycles. The second-order valence-electron chi connectivity index (χ2n) is 8.02. The molecule has 0 atom stereocenters. The molecule has 0 saturated carbocycles. The largest absolute Gasteiger partial charge is 0.346 e. The number of carbonyl (C=O) groups is 1.